The van der Waals surface area contributed by atoms with Crippen molar-refractivity contribution in [3.63, 3.8) is 0 Å². The first-order valence-corrected chi connectivity index (χ1v) is 5.28. The molecule has 0 aliphatic heterocycles. The van der Waals surface area contributed by atoms with Crippen molar-refractivity contribution in [3.8, 4) is 0 Å². The summed E-state index contributed by atoms with van der Waals surface area (Å²) in [5.74, 6) is -3.05. The molecule has 1 aromatic carbocycles. The van der Waals surface area contributed by atoms with Gasteiger partial charge in [0.25, 0.3) is 0 Å². The molecule has 0 N–H and O–H groups in total. The SMILES string of the molecule is FC1(F)C(I)=C1c1cccc(C(F)(F)F)c1. The van der Waals surface area contributed by atoms with Crippen LogP contribution in [0.2, 0.25) is 0 Å². The average Bonchev–Trinajstić information content (AvgIpc) is 2.65. The van der Waals surface area contributed by atoms with Crippen molar-refractivity contribution < 1.29 is 22.0 Å². The Morgan fingerprint density at radius 1 is 1.12 bits per heavy atom. The molecule has 16 heavy (non-hydrogen) atoms. The molecule has 1 aliphatic carbocycles. The summed E-state index contributed by atoms with van der Waals surface area (Å²) in [7, 11) is 0. The Kier molecular flexibility index (Phi) is 2.52. The number of allylic oxidation sites excluding steroid dienone is 2. The van der Waals surface area contributed by atoms with E-state index in [1.54, 1.807) is 0 Å². The zero-order valence-corrected chi connectivity index (χ0v) is 9.73. The van der Waals surface area contributed by atoms with Crippen LogP contribution in [0.15, 0.2) is 27.8 Å². The van der Waals surface area contributed by atoms with Gasteiger partial charge < -0.3 is 0 Å². The highest BCUT2D eigenvalue weighted by atomic mass is 127. The van der Waals surface area contributed by atoms with Gasteiger partial charge in [-0.3, -0.25) is 0 Å². The highest BCUT2D eigenvalue weighted by molar-refractivity contribution is 14.1. The van der Waals surface area contributed by atoms with Crippen molar-refractivity contribution in [1.29, 1.82) is 0 Å². The Labute approximate surface area is 101 Å². The van der Waals surface area contributed by atoms with Crippen molar-refractivity contribution in [2.24, 2.45) is 0 Å². The Morgan fingerprint density at radius 2 is 1.69 bits per heavy atom. The van der Waals surface area contributed by atoms with Crippen LogP contribution in [-0.4, -0.2) is 5.92 Å². The smallest absolute Gasteiger partial charge is 0.195 e. The minimum absolute atomic E-state index is 0.0655. The molecule has 86 valence electrons. The first-order chi connectivity index (χ1) is 7.24. The van der Waals surface area contributed by atoms with Crippen LogP contribution in [0.1, 0.15) is 11.1 Å². The molecule has 2 rings (SSSR count). The second kappa shape index (κ2) is 3.41. The lowest BCUT2D eigenvalue weighted by Crippen LogP contribution is -2.05. The summed E-state index contributed by atoms with van der Waals surface area (Å²) in [5, 5.41) is 0. The molecule has 1 aromatic rings. The lowest BCUT2D eigenvalue weighted by molar-refractivity contribution is -0.137. The van der Waals surface area contributed by atoms with Gasteiger partial charge in [-0.05, 0) is 40.3 Å². The molecule has 1 aliphatic rings. The first-order valence-electron chi connectivity index (χ1n) is 4.21. The lowest BCUT2D eigenvalue weighted by Gasteiger charge is -2.07. The number of benzene rings is 1. The fourth-order valence-corrected chi connectivity index (χ4v) is 2.15. The molecule has 0 atom stereocenters. The number of halogens is 6. The third kappa shape index (κ3) is 1.83. The van der Waals surface area contributed by atoms with Crippen LogP contribution in [0.4, 0.5) is 22.0 Å². The van der Waals surface area contributed by atoms with E-state index in [-0.39, 0.29) is 14.7 Å². The summed E-state index contributed by atoms with van der Waals surface area (Å²) in [4.78, 5) is 0. The molecule has 0 amide bonds. The number of alkyl halides is 5. The molecule has 0 unspecified atom stereocenters. The predicted molar refractivity (Wildman–Crippen MR) is 57.3 cm³/mol. The molecule has 6 heteroatoms. The van der Waals surface area contributed by atoms with E-state index >= 15 is 0 Å². The van der Waals surface area contributed by atoms with Gasteiger partial charge in [-0.25, -0.2) is 0 Å². The lowest BCUT2D eigenvalue weighted by atomic mass is 10.1. The molecule has 0 saturated heterocycles. The third-order valence-corrected chi connectivity index (χ3v) is 3.44. The van der Waals surface area contributed by atoms with Crippen molar-refractivity contribution in [1.82, 2.24) is 0 Å². The van der Waals surface area contributed by atoms with Crippen LogP contribution in [0.5, 0.6) is 0 Å². The quantitative estimate of drug-likeness (QED) is 0.519. The minimum atomic E-state index is -4.51. The average molecular weight is 346 g/mol. The molecule has 0 bridgehead atoms. The van der Waals surface area contributed by atoms with E-state index in [1.165, 1.54) is 28.7 Å². The van der Waals surface area contributed by atoms with E-state index in [4.69, 9.17) is 0 Å². The van der Waals surface area contributed by atoms with Crippen molar-refractivity contribution in [2.75, 3.05) is 0 Å². The number of hydrogen-bond donors (Lipinski definition) is 0. The normalized spacial score (nSPS) is 18.9. The molecular weight excluding hydrogens is 342 g/mol. The van der Waals surface area contributed by atoms with Gasteiger partial charge >= 0.3 is 12.1 Å². The Morgan fingerprint density at radius 3 is 2.12 bits per heavy atom. The van der Waals surface area contributed by atoms with Crippen LogP contribution in [0.3, 0.4) is 0 Å². The maximum atomic E-state index is 12.9. The third-order valence-electron chi connectivity index (χ3n) is 2.23. The molecular formula is C10H4F5I. The van der Waals surface area contributed by atoms with Crippen LogP contribution in [-0.2, 0) is 6.18 Å². The molecule has 0 nitrogen and oxygen atoms in total. The highest BCUT2D eigenvalue weighted by Crippen LogP contribution is 2.58. The van der Waals surface area contributed by atoms with Gasteiger partial charge in [0.05, 0.1) is 9.14 Å². The van der Waals surface area contributed by atoms with Crippen molar-refractivity contribution in [2.45, 2.75) is 12.1 Å². The topological polar surface area (TPSA) is 0 Å². The molecule has 0 aromatic heterocycles. The summed E-state index contributed by atoms with van der Waals surface area (Å²) < 4.78 is 62.7. The molecule has 0 heterocycles. The summed E-state index contributed by atoms with van der Waals surface area (Å²) in [6.45, 7) is 0. The standard InChI is InChI=1S/C10H4F5I/c11-9(12)7(8(9)16)5-2-1-3-6(4-5)10(13,14)15/h1-4H. The van der Waals surface area contributed by atoms with E-state index in [9.17, 15) is 22.0 Å². The second-order valence-corrected chi connectivity index (χ2v) is 4.42. The van der Waals surface area contributed by atoms with Crippen molar-refractivity contribution in [3.05, 3.63) is 39.0 Å². The zero-order valence-electron chi connectivity index (χ0n) is 7.58. The largest absolute Gasteiger partial charge is 0.416 e. The van der Waals surface area contributed by atoms with E-state index in [0.29, 0.717) is 0 Å². The summed E-state index contributed by atoms with van der Waals surface area (Å²) >= 11 is 1.44. The minimum Gasteiger partial charge on any atom is -0.195 e. The van der Waals surface area contributed by atoms with Crippen LogP contribution in [0, 0.1) is 0 Å². The van der Waals surface area contributed by atoms with Gasteiger partial charge in [-0.1, -0.05) is 12.1 Å². The molecule has 0 fully saturated rings. The maximum Gasteiger partial charge on any atom is 0.416 e. The van der Waals surface area contributed by atoms with E-state index in [0.717, 1.165) is 18.2 Å². The monoisotopic (exact) mass is 346 g/mol. The fraction of sp³-hybridized carbons (Fsp3) is 0.200. The predicted octanol–water partition coefficient (Wildman–Crippen LogP) is 4.50. The number of hydrogen-bond acceptors (Lipinski definition) is 0. The van der Waals surface area contributed by atoms with Gasteiger partial charge in [0, 0.05) is 5.57 Å². The van der Waals surface area contributed by atoms with Crippen LogP contribution in [0.25, 0.3) is 5.57 Å². The van der Waals surface area contributed by atoms with Gasteiger partial charge in [0.1, 0.15) is 0 Å². The maximum absolute atomic E-state index is 12.9. The molecule has 0 saturated carbocycles. The Hall–Kier alpha value is -0.660. The van der Waals surface area contributed by atoms with Crippen molar-refractivity contribution >= 4 is 28.2 Å². The highest BCUT2D eigenvalue weighted by Gasteiger charge is 2.55. The molecule has 0 spiro atoms. The fourth-order valence-electron chi connectivity index (χ4n) is 1.37. The van der Waals surface area contributed by atoms with Gasteiger partial charge in [-0.15, -0.1) is 0 Å². The van der Waals surface area contributed by atoms with E-state index < -0.39 is 17.7 Å². The second-order valence-electron chi connectivity index (χ2n) is 3.34. The van der Waals surface area contributed by atoms with Gasteiger partial charge in [-0.2, -0.15) is 22.0 Å². The van der Waals surface area contributed by atoms with Gasteiger partial charge in [0.15, 0.2) is 0 Å². The van der Waals surface area contributed by atoms with E-state index in [2.05, 4.69) is 0 Å². The van der Waals surface area contributed by atoms with Crippen LogP contribution < -0.4 is 0 Å². The Bertz CT molecular complexity index is 472. The summed E-state index contributed by atoms with van der Waals surface area (Å²) in [5.41, 5.74) is -1.28. The van der Waals surface area contributed by atoms with E-state index in [1.807, 2.05) is 0 Å². The summed E-state index contributed by atoms with van der Waals surface area (Å²) in [6.07, 6.45) is -4.51. The Balaban J connectivity index is 2.40. The van der Waals surface area contributed by atoms with Gasteiger partial charge in [0.2, 0.25) is 0 Å². The molecule has 0 radical (unpaired) electrons. The van der Waals surface area contributed by atoms with Crippen LogP contribution >= 0.6 is 22.6 Å². The summed E-state index contributed by atoms with van der Waals surface area (Å²) in [6, 6.07) is 3.99. The number of rotatable bonds is 1. The zero-order chi connectivity index (χ0) is 12.1. The first kappa shape index (κ1) is 11.8.